The molecule has 6 nitrogen and oxygen atoms in total. The highest BCUT2D eigenvalue weighted by Crippen LogP contribution is 2.27. The highest BCUT2D eigenvalue weighted by atomic mass is 19.1. The second kappa shape index (κ2) is 5.75. The van der Waals surface area contributed by atoms with Crippen molar-refractivity contribution in [2.24, 2.45) is 0 Å². The number of rotatable bonds is 6. The third-order valence-electron chi connectivity index (χ3n) is 2.82. The normalized spacial score (nSPS) is 14.2. The smallest absolute Gasteiger partial charge is 0.295 e. The summed E-state index contributed by atoms with van der Waals surface area (Å²) in [5, 5.41) is 16.1. The van der Waals surface area contributed by atoms with Crippen molar-refractivity contribution < 1.29 is 14.1 Å². The molecule has 1 aliphatic rings. The molecule has 0 bridgehead atoms. The van der Waals surface area contributed by atoms with Crippen molar-refractivity contribution in [3.63, 3.8) is 0 Å². The highest BCUT2D eigenvalue weighted by molar-refractivity contribution is 5.93. The lowest BCUT2D eigenvalue weighted by molar-refractivity contribution is -0.384. The number of anilines is 1. The molecule has 7 heteroatoms. The first kappa shape index (κ1) is 13.4. The van der Waals surface area contributed by atoms with Gasteiger partial charge in [0.15, 0.2) is 11.5 Å². The van der Waals surface area contributed by atoms with E-state index in [1.807, 2.05) is 0 Å². The van der Waals surface area contributed by atoms with Gasteiger partial charge in [0.05, 0.1) is 4.92 Å². The van der Waals surface area contributed by atoms with Gasteiger partial charge in [-0.3, -0.25) is 14.9 Å². The molecule has 0 saturated heterocycles. The number of nitro benzene ring substituents is 1. The summed E-state index contributed by atoms with van der Waals surface area (Å²) < 4.78 is 13.5. The quantitative estimate of drug-likeness (QED) is 0.608. The Morgan fingerprint density at radius 2 is 2.21 bits per heavy atom. The number of para-hydroxylation sites is 1. The van der Waals surface area contributed by atoms with E-state index in [1.54, 1.807) is 0 Å². The zero-order chi connectivity index (χ0) is 13.8. The monoisotopic (exact) mass is 267 g/mol. The fourth-order valence-corrected chi connectivity index (χ4v) is 1.67. The van der Waals surface area contributed by atoms with Gasteiger partial charge in [0.2, 0.25) is 5.91 Å². The SMILES string of the molecule is O=C(CCNC1CC1)Nc1c(F)cccc1[N+](=O)[O-]. The maximum atomic E-state index is 13.5. The Morgan fingerprint density at radius 3 is 2.84 bits per heavy atom. The minimum atomic E-state index is -0.808. The molecule has 1 aliphatic carbocycles. The van der Waals surface area contributed by atoms with Crippen LogP contribution >= 0.6 is 0 Å². The van der Waals surface area contributed by atoms with Crippen LogP contribution in [-0.4, -0.2) is 23.4 Å². The summed E-state index contributed by atoms with van der Waals surface area (Å²) in [5.74, 6) is -1.25. The van der Waals surface area contributed by atoms with Gasteiger partial charge in [-0.25, -0.2) is 4.39 Å². The highest BCUT2D eigenvalue weighted by Gasteiger charge is 2.22. The maximum absolute atomic E-state index is 13.5. The summed E-state index contributed by atoms with van der Waals surface area (Å²) in [6.45, 7) is 0.485. The molecule has 0 aliphatic heterocycles. The first-order valence-corrected chi connectivity index (χ1v) is 6.04. The van der Waals surface area contributed by atoms with Crippen molar-refractivity contribution in [3.8, 4) is 0 Å². The van der Waals surface area contributed by atoms with Gasteiger partial charge >= 0.3 is 0 Å². The predicted octanol–water partition coefficient (Wildman–Crippen LogP) is 1.81. The molecule has 0 atom stereocenters. The third kappa shape index (κ3) is 3.72. The van der Waals surface area contributed by atoms with Crippen LogP contribution in [0, 0.1) is 15.9 Å². The first-order chi connectivity index (χ1) is 9.08. The molecule has 0 spiro atoms. The van der Waals surface area contributed by atoms with Crippen molar-refractivity contribution in [2.45, 2.75) is 25.3 Å². The average Bonchev–Trinajstić information content (AvgIpc) is 3.15. The molecule has 0 aromatic heterocycles. The molecule has 0 heterocycles. The third-order valence-corrected chi connectivity index (χ3v) is 2.82. The summed E-state index contributed by atoms with van der Waals surface area (Å²) in [4.78, 5) is 21.6. The Hall–Kier alpha value is -2.02. The predicted molar refractivity (Wildman–Crippen MR) is 67.3 cm³/mol. The molecule has 1 amide bonds. The molecule has 19 heavy (non-hydrogen) atoms. The van der Waals surface area contributed by atoms with E-state index in [2.05, 4.69) is 10.6 Å². The van der Waals surface area contributed by atoms with E-state index in [1.165, 1.54) is 6.07 Å². The molecular formula is C12H14FN3O3. The Balaban J connectivity index is 1.96. The van der Waals surface area contributed by atoms with Crippen molar-refractivity contribution in [3.05, 3.63) is 34.1 Å². The van der Waals surface area contributed by atoms with E-state index in [-0.39, 0.29) is 12.1 Å². The molecule has 1 aromatic carbocycles. The molecule has 102 valence electrons. The summed E-state index contributed by atoms with van der Waals surface area (Å²) in [5.41, 5.74) is -0.813. The Labute approximate surface area is 109 Å². The van der Waals surface area contributed by atoms with Crippen LogP contribution in [0.3, 0.4) is 0 Å². The van der Waals surface area contributed by atoms with Gasteiger partial charge < -0.3 is 10.6 Å². The molecule has 1 fully saturated rings. The van der Waals surface area contributed by atoms with E-state index in [9.17, 15) is 19.3 Å². The molecular weight excluding hydrogens is 253 g/mol. The van der Waals surface area contributed by atoms with Crippen molar-refractivity contribution >= 4 is 17.3 Å². The molecule has 2 N–H and O–H groups in total. The van der Waals surface area contributed by atoms with Crippen LogP contribution in [0.5, 0.6) is 0 Å². The number of amides is 1. The number of hydrogen-bond donors (Lipinski definition) is 2. The largest absolute Gasteiger partial charge is 0.318 e. The Bertz CT molecular complexity index is 503. The minimum Gasteiger partial charge on any atom is -0.318 e. The van der Waals surface area contributed by atoms with Gasteiger partial charge in [0, 0.05) is 25.1 Å². The van der Waals surface area contributed by atoms with E-state index in [4.69, 9.17) is 0 Å². The number of nitrogens with zero attached hydrogens (tertiary/aromatic N) is 1. The standard InChI is InChI=1S/C12H14FN3O3/c13-9-2-1-3-10(16(18)19)12(9)15-11(17)6-7-14-8-4-5-8/h1-3,8,14H,4-7H2,(H,15,17). The summed E-state index contributed by atoms with van der Waals surface area (Å²) in [6.07, 6.45) is 2.38. The maximum Gasteiger partial charge on any atom is 0.295 e. The summed E-state index contributed by atoms with van der Waals surface area (Å²) in [6, 6.07) is 3.94. The van der Waals surface area contributed by atoms with Crippen molar-refractivity contribution in [1.82, 2.24) is 5.32 Å². The second-order valence-electron chi connectivity index (χ2n) is 4.42. The molecule has 1 aromatic rings. The molecule has 2 rings (SSSR count). The number of carbonyl (C=O) groups excluding carboxylic acids is 1. The number of carbonyl (C=O) groups is 1. The number of benzene rings is 1. The molecule has 0 unspecified atom stereocenters. The van der Waals surface area contributed by atoms with Crippen LogP contribution in [0.1, 0.15) is 19.3 Å². The number of halogens is 1. The van der Waals surface area contributed by atoms with Gasteiger partial charge in [0.25, 0.3) is 5.69 Å². The van der Waals surface area contributed by atoms with Crippen LogP contribution < -0.4 is 10.6 Å². The van der Waals surface area contributed by atoms with Crippen LogP contribution in [0.25, 0.3) is 0 Å². The number of nitrogens with one attached hydrogen (secondary N) is 2. The van der Waals surface area contributed by atoms with E-state index in [0.717, 1.165) is 25.0 Å². The van der Waals surface area contributed by atoms with Crippen LogP contribution in [0.4, 0.5) is 15.8 Å². The van der Waals surface area contributed by atoms with Gasteiger partial charge in [-0.1, -0.05) is 6.07 Å². The lowest BCUT2D eigenvalue weighted by Crippen LogP contribution is -2.23. The first-order valence-electron chi connectivity index (χ1n) is 6.04. The molecule has 0 radical (unpaired) electrons. The van der Waals surface area contributed by atoms with Gasteiger partial charge in [-0.15, -0.1) is 0 Å². The lowest BCUT2D eigenvalue weighted by atomic mass is 10.2. The van der Waals surface area contributed by atoms with Crippen LogP contribution in [0.2, 0.25) is 0 Å². The van der Waals surface area contributed by atoms with Crippen LogP contribution in [0.15, 0.2) is 18.2 Å². The fourth-order valence-electron chi connectivity index (χ4n) is 1.67. The Morgan fingerprint density at radius 1 is 1.47 bits per heavy atom. The fraction of sp³-hybridized carbons (Fsp3) is 0.417. The van der Waals surface area contributed by atoms with Crippen molar-refractivity contribution in [1.29, 1.82) is 0 Å². The van der Waals surface area contributed by atoms with Crippen LogP contribution in [-0.2, 0) is 4.79 Å². The van der Waals surface area contributed by atoms with Gasteiger partial charge in [-0.2, -0.15) is 0 Å². The zero-order valence-corrected chi connectivity index (χ0v) is 10.2. The van der Waals surface area contributed by atoms with Crippen molar-refractivity contribution in [2.75, 3.05) is 11.9 Å². The summed E-state index contributed by atoms with van der Waals surface area (Å²) in [7, 11) is 0. The zero-order valence-electron chi connectivity index (χ0n) is 10.2. The Kier molecular flexibility index (Phi) is 4.06. The van der Waals surface area contributed by atoms with Gasteiger partial charge in [0.1, 0.15) is 0 Å². The number of hydrogen-bond acceptors (Lipinski definition) is 4. The number of nitro groups is 1. The lowest BCUT2D eigenvalue weighted by Gasteiger charge is -2.07. The minimum absolute atomic E-state index is 0.155. The molecule has 1 saturated carbocycles. The van der Waals surface area contributed by atoms with E-state index >= 15 is 0 Å². The summed E-state index contributed by atoms with van der Waals surface area (Å²) >= 11 is 0. The topological polar surface area (TPSA) is 84.3 Å². The second-order valence-corrected chi connectivity index (χ2v) is 4.42. The van der Waals surface area contributed by atoms with Gasteiger partial charge in [-0.05, 0) is 18.9 Å². The van der Waals surface area contributed by atoms with E-state index in [0.29, 0.717) is 12.6 Å². The average molecular weight is 267 g/mol. The van der Waals surface area contributed by atoms with E-state index < -0.39 is 22.3 Å².